The largest absolute Gasteiger partial charge is 0.350 e. The average molecular weight is 397 g/mol. The van der Waals surface area contributed by atoms with Crippen LogP contribution in [0.15, 0.2) is 29.6 Å². The summed E-state index contributed by atoms with van der Waals surface area (Å²) in [5, 5.41) is 8.35. The normalized spacial score (nSPS) is 11.3. The number of nitrogens with zero attached hydrogens (tertiary/aromatic N) is 1. The van der Waals surface area contributed by atoms with E-state index in [0.717, 1.165) is 17.0 Å². The predicted octanol–water partition coefficient (Wildman–Crippen LogP) is 2.52. The van der Waals surface area contributed by atoms with E-state index < -0.39 is 0 Å². The molecule has 26 heavy (non-hydrogen) atoms. The first-order valence-electron chi connectivity index (χ1n) is 8.36. The Morgan fingerprint density at radius 1 is 1.31 bits per heavy atom. The number of hydrogen-bond donors (Lipinski definition) is 3. The zero-order valence-corrected chi connectivity index (χ0v) is 16.6. The summed E-state index contributed by atoms with van der Waals surface area (Å²) in [7, 11) is 0. The molecule has 0 bridgehead atoms. The number of nitrogens with two attached hydrogens (primary N) is 1. The Hall–Kier alpha value is -1.96. The lowest BCUT2D eigenvalue weighted by atomic mass is 10.1. The van der Waals surface area contributed by atoms with Crippen LogP contribution in [0.4, 0.5) is 0 Å². The van der Waals surface area contributed by atoms with Gasteiger partial charge in [0, 0.05) is 30.0 Å². The third-order valence-electron chi connectivity index (χ3n) is 3.77. The smallest absolute Gasteiger partial charge is 0.271 e. The van der Waals surface area contributed by atoms with E-state index in [1.54, 1.807) is 17.5 Å². The highest BCUT2D eigenvalue weighted by atomic mass is 35.5. The van der Waals surface area contributed by atoms with Gasteiger partial charge >= 0.3 is 0 Å². The second kappa shape index (κ2) is 10.9. The van der Waals surface area contributed by atoms with Crippen LogP contribution in [0.5, 0.6) is 0 Å². The van der Waals surface area contributed by atoms with Gasteiger partial charge in [-0.05, 0) is 37.6 Å². The molecule has 0 aliphatic rings. The molecular weight excluding hydrogens is 372 g/mol. The number of rotatable bonds is 8. The molecule has 2 amide bonds. The summed E-state index contributed by atoms with van der Waals surface area (Å²) in [4.78, 5) is 28.6. The van der Waals surface area contributed by atoms with E-state index in [9.17, 15) is 9.59 Å². The molecule has 1 atom stereocenters. The summed E-state index contributed by atoms with van der Waals surface area (Å²) in [6.07, 6.45) is 1.55. The number of carbonyl (C=O) groups is 2. The number of thiazole rings is 1. The van der Waals surface area contributed by atoms with Crippen LogP contribution in [0.1, 0.15) is 51.7 Å². The van der Waals surface area contributed by atoms with E-state index in [0.29, 0.717) is 30.8 Å². The molecule has 1 heterocycles. The lowest BCUT2D eigenvalue weighted by molar-refractivity contribution is 0.0936. The number of halogens is 1. The molecule has 0 saturated carbocycles. The van der Waals surface area contributed by atoms with E-state index in [1.807, 2.05) is 26.0 Å². The second-order valence-corrected chi connectivity index (χ2v) is 6.77. The molecule has 142 valence electrons. The first kappa shape index (κ1) is 22.1. The summed E-state index contributed by atoms with van der Waals surface area (Å²) >= 11 is 1.43. The number of hydrogen-bond acceptors (Lipinski definition) is 5. The third kappa shape index (κ3) is 6.40. The molecular formula is C18H25ClN4O2S. The minimum atomic E-state index is -0.228. The monoisotopic (exact) mass is 396 g/mol. The van der Waals surface area contributed by atoms with Crippen molar-refractivity contribution in [1.82, 2.24) is 15.6 Å². The van der Waals surface area contributed by atoms with Gasteiger partial charge in [-0.3, -0.25) is 9.59 Å². The van der Waals surface area contributed by atoms with Gasteiger partial charge in [-0.2, -0.15) is 0 Å². The molecule has 6 nitrogen and oxygen atoms in total. The van der Waals surface area contributed by atoms with Crippen LogP contribution in [0.25, 0.3) is 0 Å². The summed E-state index contributed by atoms with van der Waals surface area (Å²) < 4.78 is 0. The maximum absolute atomic E-state index is 12.2. The Bertz CT molecular complexity index is 735. The first-order chi connectivity index (χ1) is 12.0. The Kier molecular flexibility index (Phi) is 9.26. The van der Waals surface area contributed by atoms with E-state index in [2.05, 4.69) is 15.6 Å². The summed E-state index contributed by atoms with van der Waals surface area (Å²) in [5.74, 6) is -0.331. The van der Waals surface area contributed by atoms with Crippen molar-refractivity contribution in [2.45, 2.75) is 39.3 Å². The molecule has 0 aliphatic carbocycles. The van der Waals surface area contributed by atoms with Crippen molar-refractivity contribution in [2.24, 2.45) is 5.73 Å². The molecule has 8 heteroatoms. The number of carbonyl (C=O) groups excluding carboxylic acids is 2. The van der Waals surface area contributed by atoms with Gasteiger partial charge in [-0.25, -0.2) is 4.98 Å². The molecule has 1 aromatic carbocycles. The van der Waals surface area contributed by atoms with E-state index in [4.69, 9.17) is 5.73 Å². The van der Waals surface area contributed by atoms with E-state index >= 15 is 0 Å². The quantitative estimate of drug-likeness (QED) is 0.638. The fraction of sp³-hybridized carbons (Fsp3) is 0.389. The molecule has 0 aliphatic heterocycles. The molecule has 2 aromatic rings. The van der Waals surface area contributed by atoms with Crippen LogP contribution in [-0.4, -0.2) is 29.4 Å². The number of benzene rings is 1. The standard InChI is InChI=1S/C18H24N4O2S.ClH/c1-3-12(2)21-17(23)14-6-4-5-13(9-14)10-20-18(24)15-11-25-16(22-15)7-8-19;/h4-6,9,11-12H,3,7-8,10,19H2,1-2H3,(H,20,24)(H,21,23);1H. The van der Waals surface area contributed by atoms with Crippen LogP contribution in [0.2, 0.25) is 0 Å². The fourth-order valence-electron chi connectivity index (χ4n) is 2.16. The van der Waals surface area contributed by atoms with Crippen molar-refractivity contribution >= 4 is 35.6 Å². The summed E-state index contributed by atoms with van der Waals surface area (Å²) in [5.41, 5.74) is 7.35. The molecule has 2 rings (SSSR count). The van der Waals surface area contributed by atoms with Gasteiger partial charge < -0.3 is 16.4 Å². The van der Waals surface area contributed by atoms with Crippen molar-refractivity contribution < 1.29 is 9.59 Å². The Balaban J connectivity index is 0.00000338. The van der Waals surface area contributed by atoms with Crippen molar-refractivity contribution in [3.8, 4) is 0 Å². The van der Waals surface area contributed by atoms with E-state index in [1.165, 1.54) is 11.3 Å². The van der Waals surface area contributed by atoms with Crippen LogP contribution >= 0.6 is 23.7 Å². The van der Waals surface area contributed by atoms with Crippen LogP contribution in [0.3, 0.4) is 0 Å². The van der Waals surface area contributed by atoms with Crippen molar-refractivity contribution in [1.29, 1.82) is 0 Å². The minimum absolute atomic E-state index is 0. The van der Waals surface area contributed by atoms with Crippen LogP contribution < -0.4 is 16.4 Å². The minimum Gasteiger partial charge on any atom is -0.350 e. The van der Waals surface area contributed by atoms with Crippen LogP contribution in [0, 0.1) is 0 Å². The molecule has 1 aromatic heterocycles. The first-order valence-corrected chi connectivity index (χ1v) is 9.24. The van der Waals surface area contributed by atoms with Gasteiger partial charge in [0.1, 0.15) is 5.69 Å². The molecule has 0 radical (unpaired) electrons. The molecule has 0 fully saturated rings. The zero-order valence-electron chi connectivity index (χ0n) is 15.0. The Morgan fingerprint density at radius 3 is 2.77 bits per heavy atom. The maximum atomic E-state index is 12.2. The second-order valence-electron chi connectivity index (χ2n) is 5.83. The van der Waals surface area contributed by atoms with Gasteiger partial charge in [0.05, 0.1) is 5.01 Å². The van der Waals surface area contributed by atoms with Gasteiger partial charge in [-0.15, -0.1) is 23.7 Å². The van der Waals surface area contributed by atoms with E-state index in [-0.39, 0.29) is 30.3 Å². The van der Waals surface area contributed by atoms with Crippen LogP contribution in [-0.2, 0) is 13.0 Å². The molecule has 1 unspecified atom stereocenters. The Labute approximate surface area is 164 Å². The van der Waals surface area contributed by atoms with Crippen molar-refractivity contribution in [3.63, 3.8) is 0 Å². The highest BCUT2D eigenvalue weighted by Gasteiger charge is 2.12. The van der Waals surface area contributed by atoms with Crippen molar-refractivity contribution in [3.05, 3.63) is 51.5 Å². The maximum Gasteiger partial charge on any atom is 0.271 e. The lowest BCUT2D eigenvalue weighted by Gasteiger charge is -2.12. The zero-order chi connectivity index (χ0) is 18.2. The topological polar surface area (TPSA) is 97.1 Å². The van der Waals surface area contributed by atoms with Gasteiger partial charge in [-0.1, -0.05) is 19.1 Å². The number of aromatic nitrogens is 1. The number of amides is 2. The highest BCUT2D eigenvalue weighted by Crippen LogP contribution is 2.11. The summed E-state index contributed by atoms with van der Waals surface area (Å²) in [6, 6.07) is 7.38. The molecule has 4 N–H and O–H groups in total. The van der Waals surface area contributed by atoms with Crippen molar-refractivity contribution in [2.75, 3.05) is 6.54 Å². The average Bonchev–Trinajstić information content (AvgIpc) is 3.09. The summed E-state index contributed by atoms with van der Waals surface area (Å²) in [6.45, 7) is 4.84. The van der Waals surface area contributed by atoms with Gasteiger partial charge in [0.2, 0.25) is 0 Å². The lowest BCUT2D eigenvalue weighted by Crippen LogP contribution is -2.32. The predicted molar refractivity (Wildman–Crippen MR) is 107 cm³/mol. The SMILES string of the molecule is CCC(C)NC(=O)c1cccc(CNC(=O)c2csc(CCN)n2)c1.Cl. The number of nitrogens with one attached hydrogen (secondary N) is 2. The van der Waals surface area contributed by atoms with Gasteiger partial charge in [0.25, 0.3) is 11.8 Å². The molecule has 0 saturated heterocycles. The highest BCUT2D eigenvalue weighted by molar-refractivity contribution is 7.09. The fourth-order valence-corrected chi connectivity index (χ4v) is 2.95. The van der Waals surface area contributed by atoms with Gasteiger partial charge in [0.15, 0.2) is 0 Å². The third-order valence-corrected chi connectivity index (χ3v) is 4.68. The Morgan fingerprint density at radius 2 is 2.08 bits per heavy atom. The molecule has 0 spiro atoms.